The minimum Gasteiger partial charge on any atom is -0.0691 e. The van der Waals surface area contributed by atoms with Crippen molar-refractivity contribution in [2.75, 3.05) is 0 Å². The highest BCUT2D eigenvalue weighted by Gasteiger charge is 2.51. The van der Waals surface area contributed by atoms with Crippen molar-refractivity contribution in [2.45, 2.75) is 102 Å². The van der Waals surface area contributed by atoms with E-state index in [0.717, 1.165) is 41.0 Å². The van der Waals surface area contributed by atoms with Gasteiger partial charge in [-0.15, -0.1) is 0 Å². The van der Waals surface area contributed by atoms with E-state index in [1.807, 2.05) is 0 Å². The van der Waals surface area contributed by atoms with Gasteiger partial charge >= 0.3 is 0 Å². The third kappa shape index (κ3) is 3.09. The molecule has 4 aliphatic carbocycles. The molecule has 0 aromatic rings. The Morgan fingerprint density at radius 1 is 0.739 bits per heavy atom. The molecule has 4 rings (SSSR count). The van der Waals surface area contributed by atoms with Crippen LogP contribution in [0.1, 0.15) is 77.6 Å². The second-order valence-electron chi connectivity index (χ2n) is 10.7. The summed E-state index contributed by atoms with van der Waals surface area (Å²) < 4.78 is 0. The van der Waals surface area contributed by atoms with Crippen LogP contribution in [0.25, 0.3) is 0 Å². The molecule has 132 valence electrons. The van der Waals surface area contributed by atoms with E-state index in [2.05, 4.69) is 20.0 Å². The van der Waals surface area contributed by atoms with Gasteiger partial charge < -0.3 is 0 Å². The monoisotopic (exact) mass is 332 g/mol. The summed E-state index contributed by atoms with van der Waals surface area (Å²) >= 11 is 0. The molecule has 0 saturated heterocycles. The first-order valence-corrected chi connectivity index (χ1v) is 14.3. The van der Waals surface area contributed by atoms with E-state index in [1.165, 1.54) is 12.8 Å². The molecule has 0 aliphatic heterocycles. The Balaban J connectivity index is 1.46. The van der Waals surface area contributed by atoms with Gasteiger partial charge in [0.2, 0.25) is 0 Å². The van der Waals surface area contributed by atoms with Crippen molar-refractivity contribution in [3.8, 4) is 0 Å². The highest BCUT2D eigenvalue weighted by Crippen LogP contribution is 2.58. The van der Waals surface area contributed by atoms with Crippen LogP contribution in [-0.4, -0.2) is 8.07 Å². The Kier molecular flexibility index (Phi) is 4.71. The summed E-state index contributed by atoms with van der Waals surface area (Å²) in [6.45, 7) is 8.25. The third-order valence-corrected chi connectivity index (χ3v) is 13.3. The van der Waals surface area contributed by atoms with Gasteiger partial charge in [0.15, 0.2) is 0 Å². The average molecular weight is 333 g/mol. The minimum absolute atomic E-state index is 1.05. The maximum Gasteiger partial charge on any atom is 0.0513 e. The molecule has 0 aromatic heterocycles. The third-order valence-electron chi connectivity index (χ3n) is 8.89. The van der Waals surface area contributed by atoms with Gasteiger partial charge in [-0.1, -0.05) is 77.4 Å². The predicted molar refractivity (Wildman–Crippen MR) is 103 cm³/mol. The van der Waals surface area contributed by atoms with Gasteiger partial charge in [0, 0.05) is 0 Å². The van der Waals surface area contributed by atoms with E-state index in [9.17, 15) is 0 Å². The zero-order chi connectivity index (χ0) is 16.0. The molecule has 0 bridgehead atoms. The molecule has 1 heteroatoms. The van der Waals surface area contributed by atoms with Gasteiger partial charge in [0.1, 0.15) is 0 Å². The standard InChI is InChI=1S/C22H40Si/c1-16-14-18-9-5-7-11-21(18)22(16)23(2,3)15-19-13-12-17-8-4-6-10-20(17)19/h16-22H,4-15H2,1-3H3. The summed E-state index contributed by atoms with van der Waals surface area (Å²) in [4.78, 5) is 0. The van der Waals surface area contributed by atoms with Crippen molar-refractivity contribution in [3.05, 3.63) is 0 Å². The van der Waals surface area contributed by atoms with E-state index < -0.39 is 8.07 Å². The predicted octanol–water partition coefficient (Wildman–Crippen LogP) is 7.13. The fraction of sp³-hybridized carbons (Fsp3) is 1.00. The summed E-state index contributed by atoms with van der Waals surface area (Å²) in [6, 6.07) is 1.69. The lowest BCUT2D eigenvalue weighted by atomic mass is 9.78. The average Bonchev–Trinajstić information content (AvgIpc) is 3.07. The largest absolute Gasteiger partial charge is 0.0691 e. The van der Waals surface area contributed by atoms with Crippen molar-refractivity contribution >= 4 is 8.07 Å². The first kappa shape index (κ1) is 16.7. The molecule has 0 nitrogen and oxygen atoms in total. The summed E-state index contributed by atoms with van der Waals surface area (Å²) in [7, 11) is -1.08. The molecule has 0 heterocycles. The topological polar surface area (TPSA) is 0 Å². The lowest BCUT2D eigenvalue weighted by Gasteiger charge is -2.42. The summed E-state index contributed by atoms with van der Waals surface area (Å²) in [5, 5.41) is 0. The molecule has 4 saturated carbocycles. The second-order valence-corrected chi connectivity index (χ2v) is 15.7. The van der Waals surface area contributed by atoms with Crippen LogP contribution in [0.2, 0.25) is 24.7 Å². The number of fused-ring (bicyclic) bond motifs is 2. The van der Waals surface area contributed by atoms with Gasteiger partial charge in [-0.25, -0.2) is 0 Å². The van der Waals surface area contributed by atoms with Gasteiger partial charge in [-0.2, -0.15) is 0 Å². The highest BCUT2D eigenvalue weighted by atomic mass is 28.3. The number of hydrogen-bond acceptors (Lipinski definition) is 0. The molecule has 0 aromatic carbocycles. The normalized spacial score (nSPS) is 47.3. The van der Waals surface area contributed by atoms with Gasteiger partial charge in [0.25, 0.3) is 0 Å². The van der Waals surface area contributed by atoms with Crippen LogP contribution in [0.4, 0.5) is 0 Å². The minimum atomic E-state index is -1.08. The van der Waals surface area contributed by atoms with Gasteiger partial charge in [0.05, 0.1) is 8.07 Å². The fourth-order valence-electron chi connectivity index (χ4n) is 8.32. The van der Waals surface area contributed by atoms with Crippen LogP contribution in [-0.2, 0) is 0 Å². The van der Waals surface area contributed by atoms with Crippen molar-refractivity contribution in [3.63, 3.8) is 0 Å². The van der Waals surface area contributed by atoms with Crippen LogP contribution < -0.4 is 0 Å². The lowest BCUT2D eigenvalue weighted by Crippen LogP contribution is -2.41. The first-order chi connectivity index (χ1) is 11.1. The molecule has 0 spiro atoms. The van der Waals surface area contributed by atoms with Crippen molar-refractivity contribution < 1.29 is 0 Å². The zero-order valence-corrected chi connectivity index (χ0v) is 17.0. The van der Waals surface area contributed by atoms with Crippen LogP contribution in [0.5, 0.6) is 0 Å². The van der Waals surface area contributed by atoms with Gasteiger partial charge in [-0.05, 0) is 60.3 Å². The van der Waals surface area contributed by atoms with E-state index >= 15 is 0 Å². The molecule has 4 fully saturated rings. The molecule has 0 radical (unpaired) electrons. The number of rotatable bonds is 3. The summed E-state index contributed by atoms with van der Waals surface area (Å²) in [5.41, 5.74) is 1.16. The van der Waals surface area contributed by atoms with E-state index in [1.54, 1.807) is 63.8 Å². The van der Waals surface area contributed by atoms with Crippen LogP contribution in [0, 0.1) is 35.5 Å². The van der Waals surface area contributed by atoms with Crippen LogP contribution >= 0.6 is 0 Å². The quantitative estimate of drug-likeness (QED) is 0.482. The van der Waals surface area contributed by atoms with Crippen molar-refractivity contribution in [2.24, 2.45) is 35.5 Å². The maximum atomic E-state index is 2.81. The lowest BCUT2D eigenvalue weighted by molar-refractivity contribution is 0.235. The summed E-state index contributed by atoms with van der Waals surface area (Å²) in [6.07, 6.45) is 17.3. The maximum absolute atomic E-state index is 2.81. The molecule has 7 atom stereocenters. The van der Waals surface area contributed by atoms with E-state index in [-0.39, 0.29) is 0 Å². The Morgan fingerprint density at radius 2 is 1.39 bits per heavy atom. The molecular weight excluding hydrogens is 292 g/mol. The Morgan fingerprint density at radius 3 is 2.17 bits per heavy atom. The fourth-order valence-corrected chi connectivity index (χ4v) is 13.7. The zero-order valence-electron chi connectivity index (χ0n) is 16.0. The van der Waals surface area contributed by atoms with Crippen LogP contribution in [0.3, 0.4) is 0 Å². The highest BCUT2D eigenvalue weighted by molar-refractivity contribution is 6.79. The Hall–Kier alpha value is 0.217. The molecule has 7 unspecified atom stereocenters. The number of hydrogen-bond donors (Lipinski definition) is 0. The van der Waals surface area contributed by atoms with Crippen LogP contribution in [0.15, 0.2) is 0 Å². The molecular formula is C22H40Si. The van der Waals surface area contributed by atoms with E-state index in [4.69, 9.17) is 0 Å². The van der Waals surface area contributed by atoms with E-state index in [0.29, 0.717) is 0 Å². The van der Waals surface area contributed by atoms with Gasteiger partial charge in [-0.3, -0.25) is 0 Å². The molecule has 23 heavy (non-hydrogen) atoms. The molecule has 4 aliphatic rings. The Labute approximate surface area is 146 Å². The summed E-state index contributed by atoms with van der Waals surface area (Å²) in [5.74, 6) is 6.74. The molecule has 0 amide bonds. The smallest absolute Gasteiger partial charge is 0.0513 e. The van der Waals surface area contributed by atoms with Crippen molar-refractivity contribution in [1.29, 1.82) is 0 Å². The SMILES string of the molecule is CC1CC2CCCCC2C1[Si](C)(C)CC1CCC2CCCCC21. The second kappa shape index (κ2) is 6.50. The Bertz CT molecular complexity index is 414. The first-order valence-electron chi connectivity index (χ1n) is 11.1. The molecule has 0 N–H and O–H groups in total. The van der Waals surface area contributed by atoms with Crippen molar-refractivity contribution in [1.82, 2.24) is 0 Å².